The van der Waals surface area contributed by atoms with Crippen LogP contribution in [-0.4, -0.2) is 11.6 Å². The molecule has 0 bridgehead atoms. The van der Waals surface area contributed by atoms with Crippen molar-refractivity contribution in [3.8, 4) is 5.75 Å². The number of Topliss-reactive ketones (excluding diaryl/α,β-unsaturated/α-hetero) is 2. The lowest BCUT2D eigenvalue weighted by molar-refractivity contribution is -0.131. The summed E-state index contributed by atoms with van der Waals surface area (Å²) in [5.41, 5.74) is -0.754. The van der Waals surface area contributed by atoms with Crippen molar-refractivity contribution in [1.29, 1.82) is 0 Å². The van der Waals surface area contributed by atoms with Gasteiger partial charge in [0.05, 0.1) is 8.30 Å². The minimum Gasteiger partial charge on any atom is -0.473 e. The predicted octanol–water partition coefficient (Wildman–Crippen LogP) is 3.30. The summed E-state index contributed by atoms with van der Waals surface area (Å²) in [4.78, 5) is 25.3. The zero-order valence-corrected chi connectivity index (χ0v) is 11.2. The maximum atomic E-state index is 12.8. The van der Waals surface area contributed by atoms with Gasteiger partial charge in [0.1, 0.15) is 5.75 Å². The second kappa shape index (κ2) is 5.02. The third-order valence-electron chi connectivity index (χ3n) is 3.62. The van der Waals surface area contributed by atoms with Crippen molar-refractivity contribution in [2.45, 2.75) is 12.0 Å². The van der Waals surface area contributed by atoms with Crippen LogP contribution in [0, 0.1) is 0 Å². The van der Waals surface area contributed by atoms with Gasteiger partial charge in [-0.1, -0.05) is 48.5 Å². The minimum absolute atomic E-state index is 0.0434. The van der Waals surface area contributed by atoms with Crippen molar-refractivity contribution in [2.75, 3.05) is 0 Å². The number of hydrogen-bond acceptors (Lipinski definition) is 3. The van der Waals surface area contributed by atoms with Gasteiger partial charge in [0, 0.05) is 12.0 Å². The first kappa shape index (κ1) is 11.0. The number of fused-ring (bicyclic) bond motifs is 1. The molecular weight excluding hydrogens is 264 g/mol. The van der Waals surface area contributed by atoms with E-state index in [2.05, 4.69) is 0 Å². The van der Waals surface area contributed by atoms with Gasteiger partial charge in [-0.05, 0) is 12.1 Å². The monoisotopic (exact) mass is 280 g/mol. The summed E-state index contributed by atoms with van der Waals surface area (Å²) in [5, 5.41) is 0. The Kier molecular flexibility index (Phi) is 2.64. The number of hydrogen-bond donors (Lipinski definition) is 0. The van der Waals surface area contributed by atoms with Gasteiger partial charge < -0.3 is 4.74 Å². The molecular formula is C18H14O3. The highest BCUT2D eigenvalue weighted by molar-refractivity contribution is 6.47. The van der Waals surface area contributed by atoms with Gasteiger partial charge in [0.25, 0.3) is 5.78 Å². The van der Waals surface area contributed by atoms with E-state index >= 15 is 0 Å². The molecule has 0 spiro atoms. The number of benzene rings is 2. The van der Waals surface area contributed by atoms with Crippen molar-refractivity contribution in [1.82, 2.24) is 0 Å². The Balaban J connectivity index is 2.18. The van der Waals surface area contributed by atoms with E-state index in [9.17, 15) is 9.59 Å². The second-order valence-corrected chi connectivity index (χ2v) is 4.86. The van der Waals surface area contributed by atoms with E-state index in [0.717, 1.165) is 0 Å². The summed E-state index contributed by atoms with van der Waals surface area (Å²) < 4.78 is 20.5. The molecule has 104 valence electrons. The van der Waals surface area contributed by atoms with Gasteiger partial charge in [-0.3, -0.25) is 9.59 Å². The Morgan fingerprint density at radius 2 is 1.81 bits per heavy atom. The molecule has 0 saturated carbocycles. The van der Waals surface area contributed by atoms with Gasteiger partial charge in [-0.25, -0.2) is 0 Å². The lowest BCUT2D eigenvalue weighted by Crippen LogP contribution is -2.48. The lowest BCUT2D eigenvalue weighted by Gasteiger charge is -2.36. The molecule has 0 aromatic heterocycles. The van der Waals surface area contributed by atoms with Crippen molar-refractivity contribution >= 4 is 11.6 Å². The fourth-order valence-corrected chi connectivity index (χ4v) is 2.58. The van der Waals surface area contributed by atoms with Gasteiger partial charge in [-0.15, -0.1) is 6.53 Å². The molecule has 1 aliphatic rings. The Labute approximate surface area is 125 Å². The quantitative estimate of drug-likeness (QED) is 0.640. The van der Waals surface area contributed by atoms with Crippen LogP contribution in [0.1, 0.15) is 25.1 Å². The van der Waals surface area contributed by atoms with Crippen LogP contribution < -0.4 is 4.74 Å². The molecule has 0 unspecified atom stereocenters. The highest BCUT2D eigenvalue weighted by Crippen LogP contribution is 2.39. The highest BCUT2D eigenvalue weighted by Gasteiger charge is 2.49. The van der Waals surface area contributed by atoms with E-state index in [4.69, 9.17) is 7.48 Å². The Morgan fingerprint density at radius 1 is 1.10 bits per heavy atom. The van der Waals surface area contributed by atoms with Crippen molar-refractivity contribution in [2.24, 2.45) is 0 Å². The maximum Gasteiger partial charge on any atom is 0.251 e. The van der Waals surface area contributed by atoms with Crippen LogP contribution >= 0.6 is 0 Å². The summed E-state index contributed by atoms with van der Waals surface area (Å²) in [6.45, 7) is -0.428. The molecule has 1 heterocycles. The third kappa shape index (κ3) is 1.98. The summed E-state index contributed by atoms with van der Waals surface area (Å²) >= 11 is 0. The van der Waals surface area contributed by atoms with Crippen LogP contribution in [0.2, 0.25) is 0 Å². The summed E-state index contributed by atoms with van der Waals surface area (Å²) in [6.07, 6.45) is 1.23. The lowest BCUT2D eigenvalue weighted by atomic mass is 9.80. The molecule has 0 aliphatic carbocycles. The SMILES string of the molecule is [2H]C([2H])=CC[C@@]1(c2ccccc2)Oc2ccccc2C(=O)C1=O. The van der Waals surface area contributed by atoms with Crippen LogP contribution in [0.5, 0.6) is 5.75 Å². The van der Waals surface area contributed by atoms with Gasteiger partial charge in [0.2, 0.25) is 11.4 Å². The smallest absolute Gasteiger partial charge is 0.251 e. The molecule has 0 saturated heterocycles. The molecule has 0 amide bonds. The largest absolute Gasteiger partial charge is 0.473 e. The minimum atomic E-state index is -1.53. The van der Waals surface area contributed by atoms with Crippen molar-refractivity contribution < 1.29 is 17.1 Å². The maximum absolute atomic E-state index is 12.8. The van der Waals surface area contributed by atoms with E-state index < -0.39 is 23.7 Å². The van der Waals surface area contributed by atoms with Crippen LogP contribution in [0.3, 0.4) is 0 Å². The summed E-state index contributed by atoms with van der Waals surface area (Å²) in [5.74, 6) is -0.952. The van der Waals surface area contributed by atoms with E-state index in [0.29, 0.717) is 11.3 Å². The molecule has 2 aromatic carbocycles. The van der Waals surface area contributed by atoms with Gasteiger partial charge in [-0.2, -0.15) is 0 Å². The number of carbonyl (C=O) groups is 2. The highest BCUT2D eigenvalue weighted by atomic mass is 16.5. The van der Waals surface area contributed by atoms with Crippen molar-refractivity contribution in [3.05, 3.63) is 78.3 Å². The Morgan fingerprint density at radius 3 is 2.57 bits per heavy atom. The van der Waals surface area contributed by atoms with E-state index in [1.54, 1.807) is 54.6 Å². The van der Waals surface area contributed by atoms with Crippen LogP contribution in [0.4, 0.5) is 0 Å². The number of carbonyl (C=O) groups excluding carboxylic acids is 2. The van der Waals surface area contributed by atoms with Crippen LogP contribution in [-0.2, 0) is 10.4 Å². The first-order valence-corrected chi connectivity index (χ1v) is 6.61. The molecule has 1 atom stereocenters. The first-order chi connectivity index (χ1) is 11.0. The molecule has 1 aliphatic heterocycles. The zero-order chi connectivity index (χ0) is 16.4. The van der Waals surface area contributed by atoms with E-state index in [-0.39, 0.29) is 12.0 Å². The molecule has 3 heteroatoms. The Bertz CT molecular complexity index is 795. The zero-order valence-electron chi connectivity index (χ0n) is 13.2. The topological polar surface area (TPSA) is 43.4 Å². The fraction of sp³-hybridized carbons (Fsp3) is 0.111. The second-order valence-electron chi connectivity index (χ2n) is 4.86. The molecule has 0 N–H and O–H groups in total. The first-order valence-electron chi connectivity index (χ1n) is 7.61. The number of rotatable bonds is 3. The number of para-hydroxylation sites is 1. The average molecular weight is 280 g/mol. The number of ketones is 2. The average Bonchev–Trinajstić information content (AvgIpc) is 2.58. The predicted molar refractivity (Wildman–Crippen MR) is 79.3 cm³/mol. The Hall–Kier alpha value is -2.68. The third-order valence-corrected chi connectivity index (χ3v) is 3.62. The van der Waals surface area contributed by atoms with Crippen LogP contribution in [0.25, 0.3) is 0 Å². The van der Waals surface area contributed by atoms with Crippen LogP contribution in [0.15, 0.2) is 67.2 Å². The molecule has 21 heavy (non-hydrogen) atoms. The molecule has 3 nitrogen and oxygen atoms in total. The van der Waals surface area contributed by atoms with Crippen molar-refractivity contribution in [3.63, 3.8) is 0 Å². The normalized spacial score (nSPS) is 21.7. The molecule has 2 aromatic rings. The molecule has 0 radical (unpaired) electrons. The molecule has 3 rings (SSSR count). The standard InChI is InChI=1S/C18H14O3/c1-2-12-18(13-8-4-3-5-9-13)17(20)16(19)14-10-6-7-11-15(14)21-18/h2-11H,1,12H2/t18-/m0/s1/i1D2. The summed E-state index contributed by atoms with van der Waals surface area (Å²) in [6, 6.07) is 15.3. The fourth-order valence-electron chi connectivity index (χ4n) is 2.58. The van der Waals surface area contributed by atoms with E-state index in [1.807, 2.05) is 0 Å². The van der Waals surface area contributed by atoms with Gasteiger partial charge >= 0.3 is 0 Å². The number of ether oxygens (including phenoxy) is 1. The summed E-state index contributed by atoms with van der Waals surface area (Å²) in [7, 11) is 0. The molecule has 0 fully saturated rings. The van der Waals surface area contributed by atoms with Gasteiger partial charge in [0.15, 0.2) is 0 Å². The van der Waals surface area contributed by atoms with E-state index in [1.165, 1.54) is 6.08 Å².